The maximum Gasteiger partial charge on any atom is 0.0897 e. The van der Waals surface area contributed by atoms with Crippen molar-refractivity contribution in [2.75, 3.05) is 7.11 Å². The maximum absolute atomic E-state index is 5.50. The summed E-state index contributed by atoms with van der Waals surface area (Å²) in [5, 5.41) is 3.18. The van der Waals surface area contributed by atoms with Gasteiger partial charge in [-0.2, -0.15) is 0 Å². The zero-order chi connectivity index (χ0) is 11.3. The van der Waals surface area contributed by atoms with E-state index < -0.39 is 0 Å². The lowest BCUT2D eigenvalue weighted by atomic mass is 10.1. The summed E-state index contributed by atoms with van der Waals surface area (Å²) in [6.45, 7) is 4.05. The molecule has 3 N–H and O–H groups in total. The third kappa shape index (κ3) is 4.25. The van der Waals surface area contributed by atoms with Gasteiger partial charge in [0.1, 0.15) is 0 Å². The second kappa shape index (κ2) is 6.17. The van der Waals surface area contributed by atoms with Gasteiger partial charge in [0.15, 0.2) is 0 Å². The normalized spacial score (nSPS) is 15.2. The fraction of sp³-hybridized carbons (Fsp3) is 0.700. The largest absolute Gasteiger partial charge is 0.382 e. The highest BCUT2D eigenvalue weighted by Gasteiger charge is 2.13. The number of hydrazine groups is 1. The predicted molar refractivity (Wildman–Crippen MR) is 62.8 cm³/mol. The average Bonchev–Trinajstić information content (AvgIpc) is 2.62. The summed E-state index contributed by atoms with van der Waals surface area (Å²) >= 11 is 1.67. The summed E-state index contributed by atoms with van der Waals surface area (Å²) in [4.78, 5) is 4.41. The Bertz CT molecular complexity index is 290. The van der Waals surface area contributed by atoms with Crippen LogP contribution in [0, 0.1) is 6.92 Å². The van der Waals surface area contributed by atoms with Crippen LogP contribution in [0.15, 0.2) is 5.38 Å². The Balaban J connectivity index is 2.46. The Kier molecular flexibility index (Phi) is 5.17. The molecule has 1 aromatic heterocycles. The van der Waals surface area contributed by atoms with Crippen LogP contribution >= 0.6 is 11.3 Å². The quantitative estimate of drug-likeness (QED) is 0.569. The first-order valence-corrected chi connectivity index (χ1v) is 5.93. The summed E-state index contributed by atoms with van der Waals surface area (Å²) in [6, 6.07) is 0.224. The summed E-state index contributed by atoms with van der Waals surface area (Å²) in [5.41, 5.74) is 3.91. The van der Waals surface area contributed by atoms with Crippen LogP contribution in [0.4, 0.5) is 0 Å². The van der Waals surface area contributed by atoms with Gasteiger partial charge in [0.2, 0.25) is 0 Å². The van der Waals surface area contributed by atoms with Gasteiger partial charge in [-0.15, -0.1) is 11.3 Å². The van der Waals surface area contributed by atoms with E-state index in [1.165, 1.54) is 0 Å². The molecule has 86 valence electrons. The summed E-state index contributed by atoms with van der Waals surface area (Å²) < 4.78 is 5.21. The van der Waals surface area contributed by atoms with Crippen LogP contribution in [0.25, 0.3) is 0 Å². The molecule has 5 heteroatoms. The van der Waals surface area contributed by atoms with Crippen molar-refractivity contribution in [3.05, 3.63) is 16.1 Å². The number of aromatic nitrogens is 1. The maximum atomic E-state index is 5.50. The van der Waals surface area contributed by atoms with Crippen molar-refractivity contribution in [2.45, 2.75) is 38.8 Å². The number of methoxy groups -OCH3 is 1. The van der Waals surface area contributed by atoms with E-state index in [2.05, 4.69) is 15.8 Å². The van der Waals surface area contributed by atoms with Crippen molar-refractivity contribution >= 4 is 11.3 Å². The highest BCUT2D eigenvalue weighted by Crippen LogP contribution is 2.12. The molecule has 1 aromatic rings. The molecule has 0 aliphatic carbocycles. The lowest BCUT2D eigenvalue weighted by Crippen LogP contribution is -2.39. The number of hydrogen-bond donors (Lipinski definition) is 2. The molecule has 1 heterocycles. The van der Waals surface area contributed by atoms with Crippen LogP contribution in [-0.4, -0.2) is 24.2 Å². The Morgan fingerprint density at radius 3 is 2.87 bits per heavy atom. The number of nitrogens with two attached hydrogens (primary N) is 1. The monoisotopic (exact) mass is 229 g/mol. The molecule has 1 rings (SSSR count). The molecule has 15 heavy (non-hydrogen) atoms. The lowest BCUT2D eigenvalue weighted by Gasteiger charge is -2.18. The molecule has 0 saturated carbocycles. The third-order valence-electron chi connectivity index (χ3n) is 2.38. The number of rotatable bonds is 6. The van der Waals surface area contributed by atoms with Gasteiger partial charge in [0, 0.05) is 25.0 Å². The summed E-state index contributed by atoms with van der Waals surface area (Å²) in [7, 11) is 1.71. The van der Waals surface area contributed by atoms with Crippen LogP contribution in [0.2, 0.25) is 0 Å². The first-order valence-electron chi connectivity index (χ1n) is 5.05. The van der Waals surface area contributed by atoms with Crippen LogP contribution in [0.1, 0.15) is 24.0 Å². The fourth-order valence-electron chi connectivity index (χ4n) is 1.46. The Morgan fingerprint density at radius 2 is 2.40 bits per heavy atom. The van der Waals surface area contributed by atoms with Crippen molar-refractivity contribution in [3.8, 4) is 0 Å². The standard InChI is InChI=1S/C10H19N3OS/c1-7(14-3)4-9(13-11)5-10-6-15-8(2)12-10/h6-7,9,13H,4-5,11H2,1-3H3. The predicted octanol–water partition coefficient (Wildman–Crippen LogP) is 1.25. The molecule has 0 spiro atoms. The number of aryl methyl sites for hydroxylation is 1. The lowest BCUT2D eigenvalue weighted by molar-refractivity contribution is 0.100. The van der Waals surface area contributed by atoms with Gasteiger partial charge < -0.3 is 4.74 Å². The molecule has 0 fully saturated rings. The minimum absolute atomic E-state index is 0.214. The van der Waals surface area contributed by atoms with Gasteiger partial charge in [-0.1, -0.05) is 0 Å². The second-order valence-electron chi connectivity index (χ2n) is 3.71. The third-order valence-corrected chi connectivity index (χ3v) is 3.20. The fourth-order valence-corrected chi connectivity index (χ4v) is 2.09. The van der Waals surface area contributed by atoms with E-state index in [9.17, 15) is 0 Å². The van der Waals surface area contributed by atoms with E-state index in [1.807, 2.05) is 13.8 Å². The minimum atomic E-state index is 0.214. The van der Waals surface area contributed by atoms with Crippen molar-refractivity contribution < 1.29 is 4.74 Å². The van der Waals surface area contributed by atoms with Gasteiger partial charge in [-0.3, -0.25) is 11.3 Å². The summed E-state index contributed by atoms with van der Waals surface area (Å²) in [5.74, 6) is 5.50. The Morgan fingerprint density at radius 1 is 1.67 bits per heavy atom. The van der Waals surface area contributed by atoms with E-state index in [0.29, 0.717) is 0 Å². The van der Waals surface area contributed by atoms with E-state index in [4.69, 9.17) is 10.6 Å². The molecule has 4 nitrogen and oxygen atoms in total. The summed E-state index contributed by atoms with van der Waals surface area (Å²) in [6.07, 6.45) is 1.96. The van der Waals surface area contributed by atoms with E-state index in [1.54, 1.807) is 18.4 Å². The number of ether oxygens (including phenoxy) is 1. The molecule has 0 bridgehead atoms. The molecular weight excluding hydrogens is 210 g/mol. The van der Waals surface area contributed by atoms with Crippen molar-refractivity contribution in [2.24, 2.45) is 5.84 Å². The number of nitrogens with one attached hydrogen (secondary N) is 1. The Hall–Kier alpha value is -0.490. The number of thiazole rings is 1. The smallest absolute Gasteiger partial charge is 0.0897 e. The molecule has 0 amide bonds. The molecule has 0 aliphatic heterocycles. The van der Waals surface area contributed by atoms with Crippen LogP contribution in [0.3, 0.4) is 0 Å². The topological polar surface area (TPSA) is 60.2 Å². The number of hydrogen-bond acceptors (Lipinski definition) is 5. The van der Waals surface area contributed by atoms with Crippen molar-refractivity contribution in [1.82, 2.24) is 10.4 Å². The van der Waals surface area contributed by atoms with E-state index in [-0.39, 0.29) is 12.1 Å². The molecule has 2 unspecified atom stereocenters. The highest BCUT2D eigenvalue weighted by atomic mass is 32.1. The second-order valence-corrected chi connectivity index (χ2v) is 4.77. The van der Waals surface area contributed by atoms with Crippen molar-refractivity contribution in [1.29, 1.82) is 0 Å². The van der Waals surface area contributed by atoms with Gasteiger partial charge >= 0.3 is 0 Å². The molecular formula is C10H19N3OS. The van der Waals surface area contributed by atoms with Crippen LogP contribution in [0.5, 0.6) is 0 Å². The average molecular weight is 229 g/mol. The minimum Gasteiger partial charge on any atom is -0.382 e. The first kappa shape index (κ1) is 12.6. The van der Waals surface area contributed by atoms with Gasteiger partial charge in [0.05, 0.1) is 16.8 Å². The molecule has 0 saturated heterocycles. The van der Waals surface area contributed by atoms with E-state index >= 15 is 0 Å². The zero-order valence-corrected chi connectivity index (χ0v) is 10.3. The van der Waals surface area contributed by atoms with Gasteiger partial charge in [-0.25, -0.2) is 4.98 Å². The van der Waals surface area contributed by atoms with Gasteiger partial charge in [0.25, 0.3) is 0 Å². The van der Waals surface area contributed by atoms with Crippen LogP contribution in [-0.2, 0) is 11.2 Å². The Labute approximate surface area is 94.8 Å². The molecule has 2 atom stereocenters. The number of nitrogens with zero attached hydrogens (tertiary/aromatic N) is 1. The molecule has 0 aromatic carbocycles. The zero-order valence-electron chi connectivity index (χ0n) is 9.49. The SMILES string of the molecule is COC(C)CC(Cc1csc(C)n1)NN. The molecule has 0 aliphatic rings. The molecule has 0 radical (unpaired) electrons. The van der Waals surface area contributed by atoms with E-state index in [0.717, 1.165) is 23.5 Å². The van der Waals surface area contributed by atoms with Crippen molar-refractivity contribution in [3.63, 3.8) is 0 Å². The first-order chi connectivity index (χ1) is 7.15. The highest BCUT2D eigenvalue weighted by molar-refractivity contribution is 7.09. The van der Waals surface area contributed by atoms with Crippen LogP contribution < -0.4 is 11.3 Å². The van der Waals surface area contributed by atoms with Gasteiger partial charge in [-0.05, 0) is 20.3 Å².